The van der Waals surface area contributed by atoms with Crippen LogP contribution in [-0.4, -0.2) is 61.5 Å². The van der Waals surface area contributed by atoms with Crippen LogP contribution in [0, 0.1) is 0 Å². The summed E-state index contributed by atoms with van der Waals surface area (Å²) in [4.78, 5) is 40.7. The number of amides is 3. The summed E-state index contributed by atoms with van der Waals surface area (Å²) < 4.78 is 27.6. The number of fused-ring (bicyclic) bond motifs is 1. The first-order valence-electron chi connectivity index (χ1n) is 10.8. The summed E-state index contributed by atoms with van der Waals surface area (Å²) in [5.41, 5.74) is 1.53. The Hall–Kier alpha value is -3.82. The van der Waals surface area contributed by atoms with Crippen LogP contribution < -0.4 is 4.90 Å². The van der Waals surface area contributed by atoms with Crippen molar-refractivity contribution in [2.24, 2.45) is 0 Å². The van der Waals surface area contributed by atoms with E-state index in [1.165, 1.54) is 28.6 Å². The smallest absolute Gasteiger partial charge is 0.266 e. The average Bonchev–Trinajstić information content (AvgIpc) is 3.14. The van der Waals surface area contributed by atoms with E-state index in [0.29, 0.717) is 35.5 Å². The van der Waals surface area contributed by atoms with E-state index in [4.69, 9.17) is 0 Å². The molecule has 1 fully saturated rings. The molecule has 2 heterocycles. The Morgan fingerprint density at radius 2 is 1.21 bits per heavy atom. The number of rotatable bonds is 4. The van der Waals surface area contributed by atoms with Crippen LogP contribution in [0.1, 0.15) is 31.1 Å². The van der Waals surface area contributed by atoms with E-state index >= 15 is 0 Å². The van der Waals surface area contributed by atoms with Gasteiger partial charge in [-0.1, -0.05) is 30.3 Å². The number of nitrogens with zero attached hydrogens (tertiary/aromatic N) is 3. The third kappa shape index (κ3) is 3.68. The van der Waals surface area contributed by atoms with E-state index in [1.807, 2.05) is 6.07 Å². The lowest BCUT2D eigenvalue weighted by Crippen LogP contribution is -2.50. The van der Waals surface area contributed by atoms with Gasteiger partial charge in [0.1, 0.15) is 0 Å². The molecule has 0 aliphatic carbocycles. The normalized spacial score (nSPS) is 16.6. The highest BCUT2D eigenvalue weighted by Gasteiger charge is 2.37. The molecule has 0 spiro atoms. The Morgan fingerprint density at radius 3 is 1.76 bits per heavy atom. The Labute approximate surface area is 197 Å². The highest BCUT2D eigenvalue weighted by atomic mass is 32.2. The number of benzene rings is 3. The Balaban J connectivity index is 1.29. The standard InChI is InChI=1S/C25H21N3O5S/c29-23(18-6-2-1-3-7-18)26-14-16-27(17-15-26)34(32,33)20-12-10-19(11-13-20)28-24(30)21-8-4-5-9-22(21)25(28)31/h1-13H,14-17H2. The van der Waals surface area contributed by atoms with Crippen molar-refractivity contribution in [3.05, 3.63) is 95.6 Å². The number of sulfonamides is 1. The van der Waals surface area contributed by atoms with Gasteiger partial charge < -0.3 is 4.90 Å². The molecule has 172 valence electrons. The Morgan fingerprint density at radius 1 is 0.676 bits per heavy atom. The number of piperazine rings is 1. The summed E-state index contributed by atoms with van der Waals surface area (Å²) in [6, 6.07) is 21.2. The van der Waals surface area contributed by atoms with Gasteiger partial charge in [0.25, 0.3) is 17.7 Å². The number of hydrogen-bond donors (Lipinski definition) is 0. The Kier molecular flexibility index (Phi) is 5.51. The lowest BCUT2D eigenvalue weighted by Gasteiger charge is -2.34. The fraction of sp³-hybridized carbons (Fsp3) is 0.160. The van der Waals surface area contributed by atoms with Crippen LogP contribution in [0.4, 0.5) is 5.69 Å². The van der Waals surface area contributed by atoms with E-state index in [1.54, 1.807) is 53.4 Å². The van der Waals surface area contributed by atoms with Gasteiger partial charge in [0.15, 0.2) is 0 Å². The number of carbonyl (C=O) groups is 3. The van der Waals surface area contributed by atoms with Crippen LogP contribution in [0.3, 0.4) is 0 Å². The fourth-order valence-electron chi connectivity index (χ4n) is 4.23. The van der Waals surface area contributed by atoms with E-state index < -0.39 is 21.8 Å². The Bertz CT molecular complexity index is 1340. The molecule has 3 aromatic carbocycles. The molecule has 0 unspecified atom stereocenters. The predicted octanol–water partition coefficient (Wildman–Crippen LogP) is 2.63. The average molecular weight is 476 g/mol. The molecule has 0 saturated carbocycles. The van der Waals surface area contributed by atoms with Crippen LogP contribution in [0.25, 0.3) is 0 Å². The molecular weight excluding hydrogens is 454 g/mol. The zero-order chi connectivity index (χ0) is 23.9. The number of hydrogen-bond acceptors (Lipinski definition) is 5. The molecule has 0 radical (unpaired) electrons. The molecule has 2 aliphatic heterocycles. The van der Waals surface area contributed by atoms with Crippen molar-refractivity contribution in [2.45, 2.75) is 4.90 Å². The van der Waals surface area contributed by atoms with Crippen molar-refractivity contribution < 1.29 is 22.8 Å². The van der Waals surface area contributed by atoms with Crippen molar-refractivity contribution in [1.29, 1.82) is 0 Å². The molecule has 1 saturated heterocycles. The molecule has 0 atom stereocenters. The van der Waals surface area contributed by atoms with Crippen molar-refractivity contribution in [3.63, 3.8) is 0 Å². The largest absolute Gasteiger partial charge is 0.336 e. The minimum atomic E-state index is -3.79. The van der Waals surface area contributed by atoms with Crippen molar-refractivity contribution in [3.8, 4) is 0 Å². The molecular formula is C25H21N3O5S. The second-order valence-electron chi connectivity index (χ2n) is 8.05. The first-order chi connectivity index (χ1) is 16.4. The van der Waals surface area contributed by atoms with E-state index in [0.717, 1.165) is 4.90 Å². The maximum Gasteiger partial charge on any atom is 0.266 e. The van der Waals surface area contributed by atoms with Gasteiger partial charge in [0.2, 0.25) is 10.0 Å². The number of anilines is 1. The van der Waals surface area contributed by atoms with Crippen molar-refractivity contribution in [2.75, 3.05) is 31.1 Å². The summed E-state index contributed by atoms with van der Waals surface area (Å²) in [7, 11) is -3.79. The summed E-state index contributed by atoms with van der Waals surface area (Å²) in [5, 5.41) is 0. The van der Waals surface area contributed by atoms with Crippen LogP contribution in [0.2, 0.25) is 0 Å². The third-order valence-corrected chi connectivity index (χ3v) is 7.99. The van der Waals surface area contributed by atoms with Gasteiger partial charge in [0.05, 0.1) is 21.7 Å². The van der Waals surface area contributed by atoms with E-state index in [-0.39, 0.29) is 23.9 Å². The SMILES string of the molecule is O=C(c1ccccc1)N1CCN(S(=O)(=O)c2ccc(N3C(=O)c4ccccc4C3=O)cc2)CC1. The minimum absolute atomic E-state index is 0.0655. The first kappa shape index (κ1) is 22.0. The summed E-state index contributed by atoms with van der Waals surface area (Å²) >= 11 is 0. The molecule has 3 amide bonds. The molecule has 9 heteroatoms. The predicted molar refractivity (Wildman–Crippen MR) is 125 cm³/mol. The van der Waals surface area contributed by atoms with Gasteiger partial charge in [-0.05, 0) is 48.5 Å². The van der Waals surface area contributed by atoms with E-state index in [2.05, 4.69) is 0 Å². The molecule has 8 nitrogen and oxygen atoms in total. The van der Waals surface area contributed by atoms with Crippen LogP contribution in [0.5, 0.6) is 0 Å². The van der Waals surface area contributed by atoms with Gasteiger partial charge >= 0.3 is 0 Å². The molecule has 3 aromatic rings. The van der Waals surface area contributed by atoms with Gasteiger partial charge in [-0.3, -0.25) is 14.4 Å². The molecule has 0 aromatic heterocycles. The third-order valence-electron chi connectivity index (χ3n) is 6.07. The topological polar surface area (TPSA) is 95.1 Å². The second kappa shape index (κ2) is 8.51. The van der Waals surface area contributed by atoms with Crippen LogP contribution >= 0.6 is 0 Å². The zero-order valence-corrected chi connectivity index (χ0v) is 18.9. The van der Waals surface area contributed by atoms with Crippen molar-refractivity contribution >= 4 is 33.4 Å². The van der Waals surface area contributed by atoms with Crippen LogP contribution in [-0.2, 0) is 10.0 Å². The maximum atomic E-state index is 13.1. The zero-order valence-electron chi connectivity index (χ0n) is 18.1. The molecule has 5 rings (SSSR count). The summed E-state index contributed by atoms with van der Waals surface area (Å²) in [6.07, 6.45) is 0. The highest BCUT2D eigenvalue weighted by molar-refractivity contribution is 7.89. The van der Waals surface area contributed by atoms with Gasteiger partial charge in [0, 0.05) is 31.7 Å². The van der Waals surface area contributed by atoms with Gasteiger partial charge in [-0.25, -0.2) is 13.3 Å². The van der Waals surface area contributed by atoms with E-state index in [9.17, 15) is 22.8 Å². The maximum absolute atomic E-state index is 13.1. The van der Waals surface area contributed by atoms with Crippen molar-refractivity contribution in [1.82, 2.24) is 9.21 Å². The molecule has 0 N–H and O–H groups in total. The number of carbonyl (C=O) groups excluding carboxylic acids is 3. The quantitative estimate of drug-likeness (QED) is 0.541. The number of imide groups is 1. The first-order valence-corrected chi connectivity index (χ1v) is 12.2. The summed E-state index contributed by atoms with van der Waals surface area (Å²) in [6.45, 7) is 0.947. The monoisotopic (exact) mass is 475 g/mol. The lowest BCUT2D eigenvalue weighted by atomic mass is 10.1. The van der Waals surface area contributed by atoms with Crippen LogP contribution in [0.15, 0.2) is 83.8 Å². The van der Waals surface area contributed by atoms with Gasteiger partial charge in [-0.15, -0.1) is 0 Å². The minimum Gasteiger partial charge on any atom is -0.336 e. The van der Waals surface area contributed by atoms with Gasteiger partial charge in [-0.2, -0.15) is 4.31 Å². The molecule has 0 bridgehead atoms. The molecule has 34 heavy (non-hydrogen) atoms. The lowest BCUT2D eigenvalue weighted by molar-refractivity contribution is 0.0697. The highest BCUT2D eigenvalue weighted by Crippen LogP contribution is 2.29. The fourth-order valence-corrected chi connectivity index (χ4v) is 5.66. The summed E-state index contributed by atoms with van der Waals surface area (Å²) in [5.74, 6) is -0.992. The molecule has 2 aliphatic rings. The second-order valence-corrected chi connectivity index (χ2v) is 9.99.